The summed E-state index contributed by atoms with van der Waals surface area (Å²) in [5, 5.41) is 11.0. The quantitative estimate of drug-likeness (QED) is 0.560. The molecule has 2 N–H and O–H groups in total. The van der Waals surface area contributed by atoms with Crippen LogP contribution in [-0.4, -0.2) is 23.1 Å². The normalized spacial score (nSPS) is 12.1. The highest BCUT2D eigenvalue weighted by molar-refractivity contribution is 7.78. The number of carboxylic acid groups (broad SMARTS) is 1. The van der Waals surface area contributed by atoms with Crippen molar-refractivity contribution in [3.05, 3.63) is 0 Å². The van der Waals surface area contributed by atoms with Crippen LogP contribution >= 0.6 is 12.2 Å². The van der Waals surface area contributed by atoms with Crippen LogP contribution in [0.3, 0.4) is 0 Å². The van der Waals surface area contributed by atoms with E-state index in [-0.39, 0.29) is 5.92 Å². The molecular formula is C5H9NO2S. The molecule has 0 bridgehead atoms. The fourth-order valence-corrected chi connectivity index (χ4v) is 0.408. The van der Waals surface area contributed by atoms with Crippen molar-refractivity contribution in [2.24, 2.45) is 5.92 Å². The van der Waals surface area contributed by atoms with E-state index in [0.29, 0.717) is 6.54 Å². The smallest absolute Gasteiger partial charge is 0.308 e. The van der Waals surface area contributed by atoms with Crippen LogP contribution in [0.15, 0.2) is 0 Å². The van der Waals surface area contributed by atoms with Gasteiger partial charge in [-0.15, -0.1) is 0 Å². The largest absolute Gasteiger partial charge is 0.481 e. The summed E-state index contributed by atoms with van der Waals surface area (Å²) >= 11 is 4.43. The lowest BCUT2D eigenvalue weighted by Gasteiger charge is -2.02. The van der Waals surface area contributed by atoms with E-state index in [9.17, 15) is 4.79 Å². The molecule has 0 aromatic carbocycles. The fraction of sp³-hybridized carbons (Fsp3) is 0.600. The monoisotopic (exact) mass is 147 g/mol. The van der Waals surface area contributed by atoms with Gasteiger partial charge in [0.1, 0.15) is 0 Å². The zero-order chi connectivity index (χ0) is 7.28. The Balaban J connectivity index is 3.37. The predicted octanol–water partition coefficient (Wildman–Crippen LogP) is 0.254. The number of hydrogen-bond donors (Lipinski definition) is 2. The second kappa shape index (κ2) is 4.26. The zero-order valence-electron chi connectivity index (χ0n) is 5.13. The first-order chi connectivity index (χ1) is 4.18. The summed E-state index contributed by atoms with van der Waals surface area (Å²) in [5.74, 6) is -1.18. The van der Waals surface area contributed by atoms with Crippen LogP contribution in [0.2, 0.25) is 0 Å². The first kappa shape index (κ1) is 8.36. The third kappa shape index (κ3) is 3.90. The molecule has 0 aliphatic rings. The topological polar surface area (TPSA) is 49.3 Å². The molecule has 0 aromatic rings. The maximum atomic E-state index is 10.1. The SMILES string of the molecule is CC(CNC=S)C(=O)O. The number of hydrogen-bond acceptors (Lipinski definition) is 2. The van der Waals surface area contributed by atoms with Gasteiger partial charge in [-0.25, -0.2) is 0 Å². The second-order valence-corrected chi connectivity index (χ2v) is 2.00. The van der Waals surface area contributed by atoms with E-state index in [1.165, 1.54) is 5.49 Å². The number of nitrogens with one attached hydrogen (secondary N) is 1. The number of aliphatic carboxylic acids is 1. The molecule has 9 heavy (non-hydrogen) atoms. The predicted molar refractivity (Wildman–Crippen MR) is 38.5 cm³/mol. The zero-order valence-corrected chi connectivity index (χ0v) is 5.94. The van der Waals surface area contributed by atoms with Crippen LogP contribution in [0.4, 0.5) is 0 Å². The highest BCUT2D eigenvalue weighted by Gasteiger charge is 2.07. The van der Waals surface area contributed by atoms with Crippen LogP contribution in [0, 0.1) is 5.92 Å². The number of rotatable bonds is 4. The molecule has 0 aliphatic carbocycles. The highest BCUT2D eigenvalue weighted by atomic mass is 32.1. The molecule has 4 heteroatoms. The Labute approximate surface area is 59.1 Å². The van der Waals surface area contributed by atoms with Crippen LogP contribution in [0.5, 0.6) is 0 Å². The van der Waals surface area contributed by atoms with Crippen LogP contribution in [-0.2, 0) is 4.79 Å². The van der Waals surface area contributed by atoms with Gasteiger partial charge in [0.15, 0.2) is 0 Å². The Morgan fingerprint density at radius 3 is 2.89 bits per heavy atom. The summed E-state index contributed by atoms with van der Waals surface area (Å²) in [6.45, 7) is 2.02. The average Bonchev–Trinajstić information content (AvgIpc) is 1.82. The molecule has 1 atom stereocenters. The Bertz CT molecular complexity index is 116. The minimum Gasteiger partial charge on any atom is -0.481 e. The van der Waals surface area contributed by atoms with Gasteiger partial charge in [0.25, 0.3) is 0 Å². The fourth-order valence-electron chi connectivity index (χ4n) is 0.312. The van der Waals surface area contributed by atoms with Gasteiger partial charge in [0.05, 0.1) is 11.4 Å². The van der Waals surface area contributed by atoms with Crippen molar-refractivity contribution >= 4 is 23.7 Å². The Hall–Kier alpha value is -0.640. The number of carbonyl (C=O) groups is 1. The minimum atomic E-state index is -0.806. The lowest BCUT2D eigenvalue weighted by atomic mass is 10.2. The molecule has 0 saturated heterocycles. The first-order valence-electron chi connectivity index (χ1n) is 2.58. The van der Waals surface area contributed by atoms with Crippen LogP contribution in [0.1, 0.15) is 6.92 Å². The molecule has 0 radical (unpaired) electrons. The molecule has 0 aliphatic heterocycles. The average molecular weight is 147 g/mol. The van der Waals surface area contributed by atoms with Crippen molar-refractivity contribution in [3.63, 3.8) is 0 Å². The summed E-state index contributed by atoms with van der Waals surface area (Å²) in [6.07, 6.45) is 0. The van der Waals surface area contributed by atoms with Gasteiger partial charge in [-0.3, -0.25) is 4.79 Å². The lowest BCUT2D eigenvalue weighted by molar-refractivity contribution is -0.140. The van der Waals surface area contributed by atoms with E-state index >= 15 is 0 Å². The molecule has 0 fully saturated rings. The third-order valence-corrected chi connectivity index (χ3v) is 1.10. The van der Waals surface area contributed by atoms with Gasteiger partial charge in [-0.1, -0.05) is 19.1 Å². The van der Waals surface area contributed by atoms with Crippen molar-refractivity contribution in [2.75, 3.05) is 6.54 Å². The van der Waals surface area contributed by atoms with Crippen LogP contribution < -0.4 is 5.32 Å². The van der Waals surface area contributed by atoms with Gasteiger partial charge in [0.2, 0.25) is 0 Å². The molecule has 0 spiro atoms. The van der Waals surface area contributed by atoms with Crippen molar-refractivity contribution in [2.45, 2.75) is 6.92 Å². The van der Waals surface area contributed by atoms with Crippen LogP contribution in [0.25, 0.3) is 0 Å². The van der Waals surface area contributed by atoms with E-state index in [2.05, 4.69) is 17.5 Å². The molecular weight excluding hydrogens is 138 g/mol. The number of carboxylic acids is 1. The van der Waals surface area contributed by atoms with Gasteiger partial charge < -0.3 is 10.4 Å². The molecule has 0 heterocycles. The second-order valence-electron chi connectivity index (χ2n) is 1.77. The molecule has 1 unspecified atom stereocenters. The Kier molecular flexibility index (Phi) is 3.96. The molecule has 0 saturated carbocycles. The first-order valence-corrected chi connectivity index (χ1v) is 3.05. The molecule has 0 amide bonds. The van der Waals surface area contributed by atoms with E-state index in [1.54, 1.807) is 6.92 Å². The van der Waals surface area contributed by atoms with E-state index in [4.69, 9.17) is 5.11 Å². The summed E-state index contributed by atoms with van der Waals surface area (Å²) in [4.78, 5) is 10.1. The standard InChI is InChI=1S/C5H9NO2S/c1-4(5(7)8)2-6-3-9/h3-4H,2H2,1H3,(H,6,9)(H,7,8). The van der Waals surface area contributed by atoms with Gasteiger partial charge in [0, 0.05) is 6.54 Å². The summed E-state index contributed by atoms with van der Waals surface area (Å²) in [6, 6.07) is 0. The van der Waals surface area contributed by atoms with E-state index < -0.39 is 5.97 Å². The Morgan fingerprint density at radius 1 is 2.00 bits per heavy atom. The molecule has 3 nitrogen and oxygen atoms in total. The van der Waals surface area contributed by atoms with Gasteiger partial charge >= 0.3 is 5.97 Å². The van der Waals surface area contributed by atoms with Crippen molar-refractivity contribution < 1.29 is 9.90 Å². The molecule has 0 aromatic heterocycles. The van der Waals surface area contributed by atoms with Gasteiger partial charge in [-0.05, 0) is 0 Å². The van der Waals surface area contributed by atoms with Gasteiger partial charge in [-0.2, -0.15) is 0 Å². The molecule has 52 valence electrons. The number of thiocarbonyl (C=S) groups is 1. The summed E-state index contributed by atoms with van der Waals surface area (Å²) < 4.78 is 0. The maximum Gasteiger partial charge on any atom is 0.308 e. The lowest BCUT2D eigenvalue weighted by Crippen LogP contribution is -2.24. The highest BCUT2D eigenvalue weighted by Crippen LogP contribution is 1.89. The summed E-state index contributed by atoms with van der Waals surface area (Å²) in [5.41, 5.74) is 1.32. The van der Waals surface area contributed by atoms with E-state index in [0.717, 1.165) is 0 Å². The minimum absolute atomic E-state index is 0.371. The van der Waals surface area contributed by atoms with Crippen molar-refractivity contribution in [3.8, 4) is 0 Å². The molecule has 0 rings (SSSR count). The van der Waals surface area contributed by atoms with Crippen molar-refractivity contribution in [1.82, 2.24) is 5.32 Å². The van der Waals surface area contributed by atoms with Crippen molar-refractivity contribution in [1.29, 1.82) is 0 Å². The summed E-state index contributed by atoms with van der Waals surface area (Å²) in [7, 11) is 0. The van der Waals surface area contributed by atoms with E-state index in [1.807, 2.05) is 0 Å². The third-order valence-electron chi connectivity index (χ3n) is 0.929. The Morgan fingerprint density at radius 2 is 2.56 bits per heavy atom. The maximum absolute atomic E-state index is 10.1.